The number of methoxy groups -OCH3 is 1. The van der Waals surface area contributed by atoms with Gasteiger partial charge in [0.2, 0.25) is 0 Å². The van der Waals surface area contributed by atoms with Gasteiger partial charge in [0.1, 0.15) is 0 Å². The molecule has 1 aromatic rings. The highest BCUT2D eigenvalue weighted by atomic mass is 35.5. The molecule has 32 heavy (non-hydrogen) atoms. The third-order valence-corrected chi connectivity index (χ3v) is 5.62. The summed E-state index contributed by atoms with van der Waals surface area (Å²) < 4.78 is 10.6. The predicted octanol–water partition coefficient (Wildman–Crippen LogP) is 4.73. The van der Waals surface area contributed by atoms with E-state index in [9.17, 15) is 19.7 Å². The van der Waals surface area contributed by atoms with Crippen LogP contribution >= 0.6 is 11.6 Å². The molecule has 0 spiro atoms. The van der Waals surface area contributed by atoms with Crippen molar-refractivity contribution in [2.24, 2.45) is 0 Å². The molecule has 0 saturated heterocycles. The molecule has 174 valence electrons. The van der Waals surface area contributed by atoms with Crippen molar-refractivity contribution in [3.8, 4) is 0 Å². The number of non-ortho nitro benzene ring substituents is 1. The Labute approximate surface area is 192 Å². The maximum absolute atomic E-state index is 13.2. The second-order valence-corrected chi connectivity index (χ2v) is 8.11. The van der Waals surface area contributed by atoms with Crippen LogP contribution in [0.25, 0.3) is 0 Å². The van der Waals surface area contributed by atoms with Crippen LogP contribution in [0.5, 0.6) is 0 Å². The quantitative estimate of drug-likeness (QED) is 0.175. The number of carbonyl (C=O) groups is 2. The van der Waals surface area contributed by atoms with E-state index >= 15 is 0 Å². The van der Waals surface area contributed by atoms with E-state index in [0.29, 0.717) is 29.3 Å². The number of carbonyl (C=O) groups excluding carboxylic acids is 2. The molecule has 0 fully saturated rings. The van der Waals surface area contributed by atoms with Crippen molar-refractivity contribution in [1.82, 2.24) is 5.32 Å². The number of hydrogen-bond donors (Lipinski definition) is 1. The minimum Gasteiger partial charge on any atom is -0.466 e. The molecule has 0 aliphatic carbocycles. The first-order valence-electron chi connectivity index (χ1n) is 10.5. The normalized spacial score (nSPS) is 17.0. The molecule has 0 bridgehead atoms. The molecule has 2 rings (SSSR count). The standard InChI is InChI=1S/C23H29ClN2O6/c1-14(9-6-5-7-12-24)32-23(28)20-16(3)25-15(2)19(22(27)31-4)21(20)17-10-8-11-18(13-17)26(29)30/h8,10-11,13-14,21,25H,5-7,9,12H2,1-4H3. The highest BCUT2D eigenvalue weighted by Crippen LogP contribution is 2.40. The summed E-state index contributed by atoms with van der Waals surface area (Å²) in [5.41, 5.74) is 1.76. The zero-order valence-electron chi connectivity index (χ0n) is 18.8. The third-order valence-electron chi connectivity index (χ3n) is 5.35. The summed E-state index contributed by atoms with van der Waals surface area (Å²) in [5.74, 6) is -1.47. The van der Waals surface area contributed by atoms with Crippen molar-refractivity contribution in [2.75, 3.05) is 13.0 Å². The number of esters is 2. The molecule has 0 saturated carbocycles. The van der Waals surface area contributed by atoms with Gasteiger partial charge in [-0.2, -0.15) is 0 Å². The van der Waals surface area contributed by atoms with Gasteiger partial charge in [0.25, 0.3) is 5.69 Å². The van der Waals surface area contributed by atoms with Crippen LogP contribution in [-0.2, 0) is 19.1 Å². The van der Waals surface area contributed by atoms with E-state index in [2.05, 4.69) is 5.32 Å². The molecule has 1 aromatic carbocycles. The molecule has 2 unspecified atom stereocenters. The van der Waals surface area contributed by atoms with Gasteiger partial charge in [0.05, 0.1) is 35.2 Å². The van der Waals surface area contributed by atoms with Gasteiger partial charge in [-0.15, -0.1) is 11.6 Å². The number of alkyl halides is 1. The molecule has 1 N–H and O–H groups in total. The van der Waals surface area contributed by atoms with Crippen molar-refractivity contribution < 1.29 is 24.0 Å². The molecule has 1 heterocycles. The summed E-state index contributed by atoms with van der Waals surface area (Å²) in [6, 6.07) is 5.89. The molecule has 1 aliphatic rings. The van der Waals surface area contributed by atoms with Crippen molar-refractivity contribution in [3.63, 3.8) is 0 Å². The number of nitrogens with zero attached hydrogens (tertiary/aromatic N) is 1. The topological polar surface area (TPSA) is 108 Å². The Morgan fingerprint density at radius 2 is 1.81 bits per heavy atom. The average molecular weight is 465 g/mol. The number of nitrogens with one attached hydrogen (secondary N) is 1. The Morgan fingerprint density at radius 3 is 2.41 bits per heavy atom. The summed E-state index contributed by atoms with van der Waals surface area (Å²) in [6.07, 6.45) is 3.07. The van der Waals surface area contributed by atoms with Gasteiger partial charge in [-0.05, 0) is 45.6 Å². The predicted molar refractivity (Wildman–Crippen MR) is 121 cm³/mol. The highest BCUT2D eigenvalue weighted by molar-refractivity contribution is 6.17. The zero-order chi connectivity index (χ0) is 23.8. The van der Waals surface area contributed by atoms with Gasteiger partial charge < -0.3 is 14.8 Å². The first-order chi connectivity index (χ1) is 15.2. The summed E-state index contributed by atoms with van der Waals surface area (Å²) in [4.78, 5) is 36.7. The summed E-state index contributed by atoms with van der Waals surface area (Å²) in [5, 5.41) is 14.4. The van der Waals surface area contributed by atoms with E-state index in [-0.39, 0.29) is 22.9 Å². The molecule has 8 nitrogen and oxygen atoms in total. The molecule has 0 radical (unpaired) electrons. The van der Waals surface area contributed by atoms with Crippen molar-refractivity contribution in [2.45, 2.75) is 58.5 Å². The van der Waals surface area contributed by atoms with Crippen LogP contribution in [0.4, 0.5) is 5.69 Å². The summed E-state index contributed by atoms with van der Waals surface area (Å²) in [7, 11) is 1.25. The average Bonchev–Trinajstić information content (AvgIpc) is 2.75. The molecule has 2 atom stereocenters. The van der Waals surface area contributed by atoms with Crippen molar-refractivity contribution in [1.29, 1.82) is 0 Å². The number of nitro benzene ring substituents is 1. The lowest BCUT2D eigenvalue weighted by atomic mass is 9.80. The number of hydrogen-bond acceptors (Lipinski definition) is 7. The Kier molecular flexibility index (Phi) is 9.26. The SMILES string of the molecule is COC(=O)C1=C(C)NC(C)=C(C(=O)OC(C)CCCCCCl)C1c1cccc([N+](=O)[O-])c1. The van der Waals surface area contributed by atoms with Crippen LogP contribution in [0, 0.1) is 10.1 Å². The van der Waals surface area contributed by atoms with Gasteiger partial charge in [-0.1, -0.05) is 18.6 Å². The maximum atomic E-state index is 13.2. The van der Waals surface area contributed by atoms with Gasteiger partial charge in [0, 0.05) is 29.4 Å². The molecular weight excluding hydrogens is 436 g/mol. The second kappa shape index (κ2) is 11.7. The van der Waals surface area contributed by atoms with Crippen molar-refractivity contribution in [3.05, 3.63) is 62.5 Å². The van der Waals surface area contributed by atoms with E-state index in [1.165, 1.54) is 25.3 Å². The number of unbranched alkanes of at least 4 members (excludes halogenated alkanes) is 2. The first-order valence-corrected chi connectivity index (χ1v) is 11.0. The van der Waals surface area contributed by atoms with Crippen LogP contribution in [-0.4, -0.2) is 36.0 Å². The summed E-state index contributed by atoms with van der Waals surface area (Å²) in [6.45, 7) is 5.22. The number of nitro groups is 1. The Morgan fingerprint density at radius 1 is 1.16 bits per heavy atom. The van der Waals surface area contributed by atoms with Gasteiger partial charge >= 0.3 is 11.9 Å². The highest BCUT2D eigenvalue weighted by Gasteiger charge is 2.38. The lowest BCUT2D eigenvalue weighted by Gasteiger charge is -2.30. The Balaban J connectivity index is 2.43. The fourth-order valence-corrected chi connectivity index (χ4v) is 3.99. The molecule has 1 aliphatic heterocycles. The first kappa shape index (κ1) is 25.4. The van der Waals surface area contributed by atoms with Crippen LogP contribution in [0.3, 0.4) is 0 Å². The van der Waals surface area contributed by atoms with Crippen LogP contribution < -0.4 is 5.32 Å². The van der Waals surface area contributed by atoms with Crippen LogP contribution in [0.2, 0.25) is 0 Å². The number of benzene rings is 1. The molecule has 9 heteroatoms. The Bertz CT molecular complexity index is 940. The van der Waals surface area contributed by atoms with Crippen LogP contribution in [0.1, 0.15) is 57.9 Å². The van der Waals surface area contributed by atoms with E-state index in [1.54, 1.807) is 19.9 Å². The van der Waals surface area contributed by atoms with Gasteiger partial charge in [-0.25, -0.2) is 9.59 Å². The van der Waals surface area contributed by atoms with Crippen molar-refractivity contribution >= 4 is 29.2 Å². The largest absolute Gasteiger partial charge is 0.466 e. The Hall–Kier alpha value is -2.87. The van der Waals surface area contributed by atoms with E-state index in [0.717, 1.165) is 19.3 Å². The number of rotatable bonds is 10. The smallest absolute Gasteiger partial charge is 0.337 e. The maximum Gasteiger partial charge on any atom is 0.337 e. The molecular formula is C23H29ClN2O6. The molecule has 0 aromatic heterocycles. The number of dihydropyridines is 1. The van der Waals surface area contributed by atoms with Gasteiger partial charge in [-0.3, -0.25) is 10.1 Å². The van der Waals surface area contributed by atoms with Gasteiger partial charge in [0.15, 0.2) is 0 Å². The fourth-order valence-electron chi connectivity index (χ4n) is 3.80. The fraction of sp³-hybridized carbons (Fsp3) is 0.478. The lowest BCUT2D eigenvalue weighted by Crippen LogP contribution is -2.33. The van der Waals surface area contributed by atoms with E-state index in [1.807, 2.05) is 6.92 Å². The number of ether oxygens (including phenoxy) is 2. The van der Waals surface area contributed by atoms with Crippen LogP contribution in [0.15, 0.2) is 46.8 Å². The molecule has 0 amide bonds. The van der Waals surface area contributed by atoms with E-state index < -0.39 is 22.8 Å². The zero-order valence-corrected chi connectivity index (χ0v) is 19.5. The number of allylic oxidation sites excluding steroid dienone is 2. The third kappa shape index (κ3) is 6.09. The lowest BCUT2D eigenvalue weighted by molar-refractivity contribution is -0.384. The second-order valence-electron chi connectivity index (χ2n) is 7.73. The minimum absolute atomic E-state index is 0.138. The monoisotopic (exact) mass is 464 g/mol. The number of halogens is 1. The minimum atomic E-state index is -0.862. The van der Waals surface area contributed by atoms with E-state index in [4.69, 9.17) is 21.1 Å². The summed E-state index contributed by atoms with van der Waals surface area (Å²) >= 11 is 5.70.